The van der Waals surface area contributed by atoms with Crippen LogP contribution < -0.4 is 4.90 Å². The molecular formula is C22H25N5O4. The molecule has 3 heterocycles. The maximum atomic E-state index is 13.2. The van der Waals surface area contributed by atoms with Crippen LogP contribution in [-0.2, 0) is 24.5 Å². The van der Waals surface area contributed by atoms with Crippen molar-refractivity contribution in [3.8, 4) is 0 Å². The zero-order valence-electron chi connectivity index (χ0n) is 18.0. The molecule has 0 atom stereocenters. The highest BCUT2D eigenvalue weighted by Crippen LogP contribution is 2.33. The van der Waals surface area contributed by atoms with E-state index < -0.39 is 11.6 Å². The van der Waals surface area contributed by atoms with Crippen molar-refractivity contribution in [2.45, 2.75) is 52.9 Å². The molecule has 0 saturated carbocycles. The molecule has 2 aromatic heterocycles. The highest BCUT2D eigenvalue weighted by Gasteiger charge is 2.52. The Morgan fingerprint density at radius 1 is 1.06 bits per heavy atom. The standard InChI is InChI=1S/C22H25N5O4/c1-14-19(15(2)31-24-14)12-25-11-18(9-23-25)27-20(29)22(3,4)26(21(27)30)10-16-5-7-17(13-28)8-6-16/h5-9,11,28H,10,12-13H2,1-4H3. The average molecular weight is 423 g/mol. The van der Waals surface area contributed by atoms with Crippen LogP contribution in [0.15, 0.2) is 41.2 Å². The molecular weight excluding hydrogens is 398 g/mol. The van der Waals surface area contributed by atoms with Crippen LogP contribution >= 0.6 is 0 Å². The van der Waals surface area contributed by atoms with Crippen molar-refractivity contribution in [3.05, 3.63) is 64.8 Å². The molecule has 1 saturated heterocycles. The second kappa shape index (κ2) is 7.66. The van der Waals surface area contributed by atoms with E-state index in [4.69, 9.17) is 4.52 Å². The van der Waals surface area contributed by atoms with Crippen LogP contribution in [0.5, 0.6) is 0 Å². The average Bonchev–Trinajstić information content (AvgIpc) is 3.38. The smallest absolute Gasteiger partial charge is 0.332 e. The number of aromatic nitrogens is 3. The number of aryl methyl sites for hydroxylation is 2. The van der Waals surface area contributed by atoms with Gasteiger partial charge in [-0.3, -0.25) is 9.48 Å². The first-order valence-corrected chi connectivity index (χ1v) is 10.0. The number of nitrogens with zero attached hydrogens (tertiary/aromatic N) is 5. The largest absolute Gasteiger partial charge is 0.392 e. The van der Waals surface area contributed by atoms with Crippen molar-refractivity contribution in [1.29, 1.82) is 0 Å². The van der Waals surface area contributed by atoms with E-state index in [-0.39, 0.29) is 19.1 Å². The molecule has 1 N–H and O–H groups in total. The van der Waals surface area contributed by atoms with Gasteiger partial charge in [0.2, 0.25) is 0 Å². The Balaban J connectivity index is 1.57. The highest BCUT2D eigenvalue weighted by molar-refractivity contribution is 6.22. The van der Waals surface area contributed by atoms with Gasteiger partial charge in [0, 0.05) is 18.3 Å². The molecule has 0 radical (unpaired) electrons. The second-order valence-corrected chi connectivity index (χ2v) is 8.24. The molecule has 162 valence electrons. The molecule has 3 aromatic rings. The molecule has 4 rings (SSSR count). The van der Waals surface area contributed by atoms with Gasteiger partial charge in [0.05, 0.1) is 30.7 Å². The maximum absolute atomic E-state index is 13.2. The van der Waals surface area contributed by atoms with E-state index in [2.05, 4.69) is 10.3 Å². The number of carbonyl (C=O) groups is 2. The van der Waals surface area contributed by atoms with Crippen LogP contribution in [0.25, 0.3) is 0 Å². The van der Waals surface area contributed by atoms with E-state index in [9.17, 15) is 14.7 Å². The van der Waals surface area contributed by atoms with E-state index in [1.165, 1.54) is 11.1 Å². The number of anilines is 1. The molecule has 9 heteroatoms. The molecule has 0 bridgehead atoms. The number of urea groups is 1. The molecule has 31 heavy (non-hydrogen) atoms. The monoisotopic (exact) mass is 423 g/mol. The quantitative estimate of drug-likeness (QED) is 0.612. The number of carbonyl (C=O) groups excluding carboxylic acids is 2. The van der Waals surface area contributed by atoms with Crippen LogP contribution in [-0.4, -0.2) is 42.4 Å². The third kappa shape index (κ3) is 3.61. The minimum absolute atomic E-state index is 0.0431. The zero-order chi connectivity index (χ0) is 22.3. The summed E-state index contributed by atoms with van der Waals surface area (Å²) in [4.78, 5) is 29.1. The van der Waals surface area contributed by atoms with E-state index in [1.807, 2.05) is 26.0 Å². The van der Waals surface area contributed by atoms with Crippen LogP contribution in [0.2, 0.25) is 0 Å². The Morgan fingerprint density at radius 3 is 2.35 bits per heavy atom. The topological polar surface area (TPSA) is 105 Å². The van der Waals surface area contributed by atoms with Crippen molar-refractivity contribution in [1.82, 2.24) is 19.8 Å². The maximum Gasteiger partial charge on any atom is 0.332 e. The van der Waals surface area contributed by atoms with Crippen molar-refractivity contribution in [2.75, 3.05) is 4.90 Å². The second-order valence-electron chi connectivity index (χ2n) is 8.24. The van der Waals surface area contributed by atoms with E-state index in [0.29, 0.717) is 18.0 Å². The first kappa shape index (κ1) is 20.8. The van der Waals surface area contributed by atoms with Crippen molar-refractivity contribution in [2.24, 2.45) is 0 Å². The number of benzene rings is 1. The lowest BCUT2D eigenvalue weighted by molar-refractivity contribution is -0.123. The normalized spacial score (nSPS) is 15.9. The SMILES string of the molecule is Cc1noc(C)c1Cn1cc(N2C(=O)N(Cc3ccc(CO)cc3)C(C)(C)C2=O)cn1. The Morgan fingerprint density at radius 2 is 1.74 bits per heavy atom. The molecule has 9 nitrogen and oxygen atoms in total. The van der Waals surface area contributed by atoms with Gasteiger partial charge < -0.3 is 14.5 Å². The van der Waals surface area contributed by atoms with Gasteiger partial charge in [-0.1, -0.05) is 29.4 Å². The summed E-state index contributed by atoms with van der Waals surface area (Å²) < 4.78 is 6.85. The Hall–Kier alpha value is -3.46. The van der Waals surface area contributed by atoms with Gasteiger partial charge in [-0.05, 0) is 38.8 Å². The number of hydrogen-bond acceptors (Lipinski definition) is 6. The number of aliphatic hydroxyl groups is 1. The molecule has 0 spiro atoms. The van der Waals surface area contributed by atoms with Crippen LogP contribution in [0, 0.1) is 13.8 Å². The molecule has 1 aliphatic heterocycles. The Bertz CT molecular complexity index is 1110. The lowest BCUT2D eigenvalue weighted by Gasteiger charge is -2.27. The summed E-state index contributed by atoms with van der Waals surface area (Å²) in [5, 5.41) is 17.5. The summed E-state index contributed by atoms with van der Waals surface area (Å²) in [6.45, 7) is 7.85. The molecule has 0 aliphatic carbocycles. The summed E-state index contributed by atoms with van der Waals surface area (Å²) in [7, 11) is 0. The van der Waals surface area contributed by atoms with Gasteiger partial charge in [0.1, 0.15) is 11.3 Å². The fourth-order valence-corrected chi connectivity index (χ4v) is 3.71. The van der Waals surface area contributed by atoms with Gasteiger partial charge in [-0.25, -0.2) is 9.69 Å². The minimum Gasteiger partial charge on any atom is -0.392 e. The predicted octanol–water partition coefficient (Wildman–Crippen LogP) is 2.78. The third-order valence-corrected chi connectivity index (χ3v) is 5.75. The van der Waals surface area contributed by atoms with Gasteiger partial charge in [-0.2, -0.15) is 5.10 Å². The molecule has 1 fully saturated rings. The van der Waals surface area contributed by atoms with Crippen molar-refractivity contribution in [3.63, 3.8) is 0 Å². The molecule has 0 unspecified atom stereocenters. The summed E-state index contributed by atoms with van der Waals surface area (Å²) in [6.07, 6.45) is 3.20. The van der Waals surface area contributed by atoms with Gasteiger partial charge >= 0.3 is 6.03 Å². The molecule has 1 aliphatic rings. The van der Waals surface area contributed by atoms with Crippen molar-refractivity contribution >= 4 is 17.6 Å². The molecule has 1 aromatic carbocycles. The van der Waals surface area contributed by atoms with E-state index in [0.717, 1.165) is 22.4 Å². The number of hydrogen-bond donors (Lipinski definition) is 1. The third-order valence-electron chi connectivity index (χ3n) is 5.75. The summed E-state index contributed by atoms with van der Waals surface area (Å²) in [5.74, 6) is 0.406. The fraction of sp³-hybridized carbons (Fsp3) is 0.364. The van der Waals surface area contributed by atoms with Crippen LogP contribution in [0.1, 0.15) is 42.0 Å². The summed E-state index contributed by atoms with van der Waals surface area (Å²) >= 11 is 0. The number of imide groups is 1. The summed E-state index contributed by atoms with van der Waals surface area (Å²) in [5.41, 5.74) is 2.79. The Kier molecular flexibility index (Phi) is 5.14. The fourth-order valence-electron chi connectivity index (χ4n) is 3.71. The van der Waals surface area contributed by atoms with Gasteiger partial charge in [0.25, 0.3) is 5.91 Å². The first-order chi connectivity index (χ1) is 14.7. The van der Waals surface area contributed by atoms with E-state index >= 15 is 0 Å². The van der Waals surface area contributed by atoms with Crippen LogP contribution in [0.4, 0.5) is 10.5 Å². The van der Waals surface area contributed by atoms with Gasteiger partial charge in [-0.15, -0.1) is 0 Å². The lowest BCUT2D eigenvalue weighted by Crippen LogP contribution is -2.43. The highest BCUT2D eigenvalue weighted by atomic mass is 16.5. The number of aliphatic hydroxyl groups excluding tert-OH is 1. The Labute approximate surface area is 179 Å². The van der Waals surface area contributed by atoms with Crippen molar-refractivity contribution < 1.29 is 19.2 Å². The predicted molar refractivity (Wildman–Crippen MR) is 112 cm³/mol. The minimum atomic E-state index is -1.00. The van der Waals surface area contributed by atoms with E-state index in [1.54, 1.807) is 41.8 Å². The first-order valence-electron chi connectivity index (χ1n) is 10.0. The molecule has 3 amide bonds. The number of rotatable bonds is 6. The zero-order valence-corrected chi connectivity index (χ0v) is 18.0. The lowest BCUT2D eigenvalue weighted by atomic mass is 10.0. The summed E-state index contributed by atoms with van der Waals surface area (Å²) in [6, 6.07) is 6.92. The van der Waals surface area contributed by atoms with Crippen LogP contribution in [0.3, 0.4) is 0 Å². The number of amides is 3. The van der Waals surface area contributed by atoms with Gasteiger partial charge in [0.15, 0.2) is 0 Å².